The Morgan fingerprint density at radius 1 is 0.950 bits per heavy atom. The van der Waals surface area contributed by atoms with E-state index < -0.39 is 0 Å². The Hall–Kier alpha value is -0.410. The Morgan fingerprint density at radius 3 is 1.90 bits per heavy atom. The van der Waals surface area contributed by atoms with Crippen LogP contribution in [0.2, 0.25) is 0 Å². The first-order chi connectivity index (χ1) is 9.61. The van der Waals surface area contributed by atoms with Gasteiger partial charge in [-0.3, -0.25) is 4.79 Å². The standard InChI is InChI=1S/C17H32N2O/c1-18-12-13-4-6-14(7-5-13)17(20)15-8-10-16(11-9-15)19(2)3/h13-16,18H,4-12H2,1-3H3. The number of carbonyl (C=O) groups is 1. The predicted octanol–water partition coefficient (Wildman–Crippen LogP) is 2.70. The highest BCUT2D eigenvalue weighted by atomic mass is 16.1. The Bertz CT molecular complexity index is 300. The van der Waals surface area contributed by atoms with E-state index in [0.717, 1.165) is 38.1 Å². The molecule has 2 saturated carbocycles. The van der Waals surface area contributed by atoms with E-state index in [1.807, 2.05) is 7.05 Å². The third-order valence-corrected chi connectivity index (χ3v) is 5.57. The molecule has 1 N–H and O–H groups in total. The molecule has 2 rings (SSSR count). The first-order valence-electron chi connectivity index (χ1n) is 8.46. The van der Waals surface area contributed by atoms with Crippen LogP contribution in [0.3, 0.4) is 0 Å². The molecule has 0 aliphatic heterocycles. The van der Waals surface area contributed by atoms with Gasteiger partial charge >= 0.3 is 0 Å². The molecule has 20 heavy (non-hydrogen) atoms. The third-order valence-electron chi connectivity index (χ3n) is 5.57. The van der Waals surface area contributed by atoms with Gasteiger partial charge in [-0.15, -0.1) is 0 Å². The lowest BCUT2D eigenvalue weighted by Gasteiger charge is -2.35. The van der Waals surface area contributed by atoms with Gasteiger partial charge in [-0.05, 0) is 85.0 Å². The minimum absolute atomic E-state index is 0.372. The molecule has 0 spiro atoms. The van der Waals surface area contributed by atoms with Gasteiger partial charge in [-0.25, -0.2) is 0 Å². The number of nitrogens with zero attached hydrogens (tertiary/aromatic N) is 1. The Balaban J connectivity index is 1.76. The highest BCUT2D eigenvalue weighted by Gasteiger charge is 2.33. The van der Waals surface area contributed by atoms with Gasteiger partial charge in [0.25, 0.3) is 0 Å². The summed E-state index contributed by atoms with van der Waals surface area (Å²) >= 11 is 0. The van der Waals surface area contributed by atoms with Gasteiger partial charge in [0.05, 0.1) is 0 Å². The predicted molar refractivity (Wildman–Crippen MR) is 83.8 cm³/mol. The Morgan fingerprint density at radius 2 is 1.45 bits per heavy atom. The van der Waals surface area contributed by atoms with Crippen molar-refractivity contribution in [3.8, 4) is 0 Å². The molecule has 0 bridgehead atoms. The van der Waals surface area contributed by atoms with Gasteiger partial charge in [0.15, 0.2) is 0 Å². The second-order valence-electron chi connectivity index (χ2n) is 7.15. The summed E-state index contributed by atoms with van der Waals surface area (Å²) in [6, 6.07) is 0.699. The van der Waals surface area contributed by atoms with E-state index >= 15 is 0 Å². The molecule has 0 aromatic carbocycles. The fraction of sp³-hybridized carbons (Fsp3) is 0.941. The molecule has 0 radical (unpaired) electrons. The van der Waals surface area contributed by atoms with Gasteiger partial charge in [-0.1, -0.05) is 0 Å². The van der Waals surface area contributed by atoms with E-state index in [-0.39, 0.29) is 0 Å². The zero-order valence-corrected chi connectivity index (χ0v) is 13.5. The second kappa shape index (κ2) is 7.56. The number of rotatable bonds is 5. The van der Waals surface area contributed by atoms with Crippen molar-refractivity contribution < 1.29 is 4.79 Å². The van der Waals surface area contributed by atoms with Crippen LogP contribution in [0.5, 0.6) is 0 Å². The summed E-state index contributed by atoms with van der Waals surface area (Å²) in [7, 11) is 6.35. The highest BCUT2D eigenvalue weighted by Crippen LogP contribution is 2.35. The number of carbonyl (C=O) groups excluding carboxylic acids is 1. The van der Waals surface area contributed by atoms with Crippen LogP contribution in [0.1, 0.15) is 51.4 Å². The van der Waals surface area contributed by atoms with Crippen molar-refractivity contribution in [1.29, 1.82) is 0 Å². The van der Waals surface area contributed by atoms with E-state index in [0.29, 0.717) is 23.7 Å². The molecule has 0 saturated heterocycles. The molecule has 0 atom stereocenters. The van der Waals surface area contributed by atoms with Crippen LogP contribution in [0.25, 0.3) is 0 Å². The maximum absolute atomic E-state index is 12.7. The number of Topliss-reactive ketones (excluding diaryl/α,β-unsaturated/α-hetero) is 1. The second-order valence-corrected chi connectivity index (χ2v) is 7.15. The smallest absolute Gasteiger partial charge is 0.139 e. The molecule has 0 amide bonds. The lowest BCUT2D eigenvalue weighted by Crippen LogP contribution is -2.36. The molecule has 3 heteroatoms. The maximum Gasteiger partial charge on any atom is 0.139 e. The molecule has 2 fully saturated rings. The van der Waals surface area contributed by atoms with Gasteiger partial charge in [0.1, 0.15) is 5.78 Å². The van der Waals surface area contributed by atoms with Crippen molar-refractivity contribution in [1.82, 2.24) is 10.2 Å². The lowest BCUT2D eigenvalue weighted by molar-refractivity contribution is -0.129. The van der Waals surface area contributed by atoms with Crippen LogP contribution < -0.4 is 5.32 Å². The van der Waals surface area contributed by atoms with Gasteiger partial charge in [0, 0.05) is 17.9 Å². The summed E-state index contributed by atoms with van der Waals surface area (Å²) in [5.74, 6) is 2.15. The van der Waals surface area contributed by atoms with E-state index in [9.17, 15) is 4.79 Å². The van der Waals surface area contributed by atoms with Gasteiger partial charge < -0.3 is 10.2 Å². The van der Waals surface area contributed by atoms with Crippen LogP contribution in [0, 0.1) is 17.8 Å². The van der Waals surface area contributed by atoms with Crippen molar-refractivity contribution in [2.45, 2.75) is 57.4 Å². The first-order valence-corrected chi connectivity index (χ1v) is 8.46. The summed E-state index contributed by atoms with van der Waals surface area (Å²) in [4.78, 5) is 15.0. The van der Waals surface area contributed by atoms with Crippen molar-refractivity contribution in [3.63, 3.8) is 0 Å². The van der Waals surface area contributed by atoms with Crippen LogP contribution in [0.4, 0.5) is 0 Å². The van der Waals surface area contributed by atoms with Crippen molar-refractivity contribution in [3.05, 3.63) is 0 Å². The SMILES string of the molecule is CNCC1CCC(C(=O)C2CCC(N(C)C)CC2)CC1. The Kier molecular flexibility index (Phi) is 6.03. The summed E-state index contributed by atoms with van der Waals surface area (Å²) < 4.78 is 0. The minimum Gasteiger partial charge on any atom is -0.319 e. The molecule has 0 aromatic rings. The molecular formula is C17H32N2O. The van der Waals surface area contributed by atoms with E-state index in [1.54, 1.807) is 0 Å². The fourth-order valence-corrected chi connectivity index (χ4v) is 4.15. The molecule has 2 aliphatic carbocycles. The fourth-order valence-electron chi connectivity index (χ4n) is 4.15. The monoisotopic (exact) mass is 280 g/mol. The molecule has 0 heterocycles. The van der Waals surface area contributed by atoms with Crippen LogP contribution >= 0.6 is 0 Å². The molecule has 0 unspecified atom stereocenters. The van der Waals surface area contributed by atoms with Crippen molar-refractivity contribution >= 4 is 5.78 Å². The molecule has 116 valence electrons. The average molecular weight is 280 g/mol. The highest BCUT2D eigenvalue weighted by molar-refractivity contribution is 5.83. The lowest BCUT2D eigenvalue weighted by atomic mass is 9.73. The van der Waals surface area contributed by atoms with E-state index in [4.69, 9.17) is 0 Å². The quantitative estimate of drug-likeness (QED) is 0.840. The zero-order chi connectivity index (χ0) is 14.5. The van der Waals surface area contributed by atoms with Crippen LogP contribution in [-0.2, 0) is 4.79 Å². The number of hydrogen-bond donors (Lipinski definition) is 1. The van der Waals surface area contributed by atoms with Gasteiger partial charge in [0.2, 0.25) is 0 Å². The molecular weight excluding hydrogens is 248 g/mol. The zero-order valence-electron chi connectivity index (χ0n) is 13.5. The molecule has 2 aliphatic rings. The summed E-state index contributed by atoms with van der Waals surface area (Å²) in [6.07, 6.45) is 9.42. The van der Waals surface area contributed by atoms with E-state index in [2.05, 4.69) is 24.3 Å². The first kappa shape index (κ1) is 16.0. The Labute approximate surface area is 124 Å². The third kappa shape index (κ3) is 4.05. The number of nitrogens with one attached hydrogen (secondary N) is 1. The van der Waals surface area contributed by atoms with Crippen LogP contribution in [-0.4, -0.2) is 44.4 Å². The van der Waals surface area contributed by atoms with Crippen LogP contribution in [0.15, 0.2) is 0 Å². The summed E-state index contributed by atoms with van der Waals surface area (Å²) in [6.45, 7) is 1.12. The van der Waals surface area contributed by atoms with E-state index in [1.165, 1.54) is 25.7 Å². The number of ketones is 1. The average Bonchev–Trinajstić information content (AvgIpc) is 2.48. The number of hydrogen-bond acceptors (Lipinski definition) is 3. The van der Waals surface area contributed by atoms with Gasteiger partial charge in [-0.2, -0.15) is 0 Å². The molecule has 3 nitrogen and oxygen atoms in total. The minimum atomic E-state index is 0.372. The normalized spacial score (nSPS) is 35.2. The molecule has 0 aromatic heterocycles. The summed E-state index contributed by atoms with van der Waals surface area (Å²) in [5.41, 5.74) is 0. The maximum atomic E-state index is 12.7. The largest absolute Gasteiger partial charge is 0.319 e. The summed E-state index contributed by atoms with van der Waals surface area (Å²) in [5, 5.41) is 3.27. The van der Waals surface area contributed by atoms with Crippen molar-refractivity contribution in [2.24, 2.45) is 17.8 Å². The topological polar surface area (TPSA) is 32.3 Å². The van der Waals surface area contributed by atoms with Crippen molar-refractivity contribution in [2.75, 3.05) is 27.7 Å².